The second kappa shape index (κ2) is 6.97. The molecule has 0 aromatic heterocycles. The molecule has 100 valence electrons. The van der Waals surface area contributed by atoms with Crippen molar-refractivity contribution in [1.29, 1.82) is 0 Å². The van der Waals surface area contributed by atoms with E-state index in [2.05, 4.69) is 19.2 Å². The van der Waals surface area contributed by atoms with Gasteiger partial charge in [-0.1, -0.05) is 13.8 Å². The molecule has 0 radical (unpaired) electrons. The smallest absolute Gasteiger partial charge is 0.325 e. The number of carbonyl (C=O) groups is 1. The molecule has 1 saturated carbocycles. The fraction of sp³-hybridized carbons (Fsp3) is 0.923. The van der Waals surface area contributed by atoms with Crippen molar-refractivity contribution in [3.8, 4) is 0 Å². The summed E-state index contributed by atoms with van der Waals surface area (Å²) in [6.07, 6.45) is 2.46. The third-order valence-electron chi connectivity index (χ3n) is 3.05. The Morgan fingerprint density at radius 2 is 2.00 bits per heavy atom. The number of ether oxygens (including phenoxy) is 2. The highest BCUT2D eigenvalue weighted by molar-refractivity contribution is 5.76. The average Bonchev–Trinajstić information content (AvgIpc) is 3.07. The quantitative estimate of drug-likeness (QED) is 0.660. The Morgan fingerprint density at radius 3 is 2.47 bits per heavy atom. The van der Waals surface area contributed by atoms with Crippen molar-refractivity contribution in [3.63, 3.8) is 0 Å². The molecule has 4 nitrogen and oxygen atoms in total. The van der Waals surface area contributed by atoms with Crippen molar-refractivity contribution >= 4 is 5.97 Å². The Balaban J connectivity index is 2.36. The van der Waals surface area contributed by atoms with Gasteiger partial charge in [0.05, 0.1) is 19.3 Å². The van der Waals surface area contributed by atoms with E-state index in [1.807, 2.05) is 13.8 Å². The van der Waals surface area contributed by atoms with Gasteiger partial charge in [-0.15, -0.1) is 0 Å². The molecule has 1 rings (SSSR count). The number of nitrogens with one attached hydrogen (secondary N) is 1. The molecule has 2 unspecified atom stereocenters. The summed E-state index contributed by atoms with van der Waals surface area (Å²) in [5.74, 6) is 0.258. The van der Waals surface area contributed by atoms with Gasteiger partial charge in [-0.2, -0.15) is 0 Å². The summed E-state index contributed by atoms with van der Waals surface area (Å²) in [6.45, 7) is 8.89. The van der Waals surface area contributed by atoms with Gasteiger partial charge in [-0.25, -0.2) is 0 Å². The fourth-order valence-corrected chi connectivity index (χ4v) is 1.40. The molecule has 1 fully saturated rings. The summed E-state index contributed by atoms with van der Waals surface area (Å²) >= 11 is 0. The Hall–Kier alpha value is -0.610. The van der Waals surface area contributed by atoms with Crippen LogP contribution in [-0.2, 0) is 14.3 Å². The second-order valence-corrected chi connectivity index (χ2v) is 5.03. The fourth-order valence-electron chi connectivity index (χ4n) is 1.40. The predicted octanol–water partition coefficient (Wildman–Crippen LogP) is 1.73. The van der Waals surface area contributed by atoms with Crippen molar-refractivity contribution in [2.45, 2.75) is 58.7 Å². The Morgan fingerprint density at radius 1 is 1.35 bits per heavy atom. The van der Waals surface area contributed by atoms with Crippen LogP contribution in [0, 0.1) is 5.92 Å². The normalized spacial score (nSPS) is 19.1. The molecular weight excluding hydrogens is 218 g/mol. The number of carbonyl (C=O) groups excluding carboxylic acids is 1. The SMILES string of the molecule is CCOC(=O)C(COC(C)C(C)C)NC1CC1. The first-order valence-corrected chi connectivity index (χ1v) is 6.58. The van der Waals surface area contributed by atoms with E-state index in [0.29, 0.717) is 25.2 Å². The molecule has 0 spiro atoms. The average molecular weight is 243 g/mol. The lowest BCUT2D eigenvalue weighted by Gasteiger charge is -2.21. The summed E-state index contributed by atoms with van der Waals surface area (Å²) in [5.41, 5.74) is 0. The molecule has 0 aromatic rings. The van der Waals surface area contributed by atoms with Crippen LogP contribution < -0.4 is 5.32 Å². The molecule has 1 aliphatic rings. The maximum Gasteiger partial charge on any atom is 0.325 e. The van der Waals surface area contributed by atoms with Crippen LogP contribution >= 0.6 is 0 Å². The van der Waals surface area contributed by atoms with E-state index in [4.69, 9.17) is 9.47 Å². The molecule has 4 heteroatoms. The summed E-state index contributed by atoms with van der Waals surface area (Å²) in [6, 6.07) is 0.158. The number of esters is 1. The summed E-state index contributed by atoms with van der Waals surface area (Å²) < 4.78 is 10.7. The highest BCUT2D eigenvalue weighted by Crippen LogP contribution is 2.20. The van der Waals surface area contributed by atoms with E-state index in [-0.39, 0.29) is 18.1 Å². The van der Waals surface area contributed by atoms with Gasteiger partial charge in [0.2, 0.25) is 0 Å². The summed E-state index contributed by atoms with van der Waals surface area (Å²) in [7, 11) is 0. The summed E-state index contributed by atoms with van der Waals surface area (Å²) in [4.78, 5) is 11.7. The van der Waals surface area contributed by atoms with Crippen LogP contribution in [-0.4, -0.2) is 37.4 Å². The van der Waals surface area contributed by atoms with Crippen LogP contribution in [0.15, 0.2) is 0 Å². The predicted molar refractivity (Wildman–Crippen MR) is 66.8 cm³/mol. The Labute approximate surface area is 104 Å². The van der Waals surface area contributed by atoms with E-state index in [0.717, 1.165) is 12.8 Å². The van der Waals surface area contributed by atoms with Crippen LogP contribution in [0.1, 0.15) is 40.5 Å². The van der Waals surface area contributed by atoms with E-state index < -0.39 is 0 Å². The minimum absolute atomic E-state index is 0.160. The zero-order chi connectivity index (χ0) is 12.8. The van der Waals surface area contributed by atoms with Crippen molar-refractivity contribution in [3.05, 3.63) is 0 Å². The maximum atomic E-state index is 11.7. The highest BCUT2D eigenvalue weighted by atomic mass is 16.5. The monoisotopic (exact) mass is 243 g/mol. The van der Waals surface area contributed by atoms with Crippen LogP contribution in [0.2, 0.25) is 0 Å². The molecule has 0 saturated heterocycles. The van der Waals surface area contributed by atoms with Gasteiger partial charge in [-0.3, -0.25) is 10.1 Å². The lowest BCUT2D eigenvalue weighted by molar-refractivity contribution is -0.148. The topological polar surface area (TPSA) is 47.6 Å². The molecule has 2 atom stereocenters. The van der Waals surface area contributed by atoms with E-state index in [1.165, 1.54) is 0 Å². The van der Waals surface area contributed by atoms with Crippen LogP contribution in [0.4, 0.5) is 0 Å². The zero-order valence-corrected chi connectivity index (χ0v) is 11.4. The van der Waals surface area contributed by atoms with E-state index in [9.17, 15) is 4.79 Å². The lowest BCUT2D eigenvalue weighted by Crippen LogP contribution is -2.44. The first-order chi connectivity index (χ1) is 8.04. The molecule has 0 heterocycles. The summed E-state index contributed by atoms with van der Waals surface area (Å²) in [5, 5.41) is 3.27. The second-order valence-electron chi connectivity index (χ2n) is 5.03. The van der Waals surface area contributed by atoms with Gasteiger partial charge in [0, 0.05) is 6.04 Å². The van der Waals surface area contributed by atoms with Gasteiger partial charge in [0.25, 0.3) is 0 Å². The molecule has 0 bridgehead atoms. The van der Waals surface area contributed by atoms with Gasteiger partial charge in [0.15, 0.2) is 0 Å². The third-order valence-corrected chi connectivity index (χ3v) is 3.05. The van der Waals surface area contributed by atoms with Gasteiger partial charge in [-0.05, 0) is 32.6 Å². The molecule has 0 amide bonds. The number of hydrogen-bond acceptors (Lipinski definition) is 4. The van der Waals surface area contributed by atoms with E-state index >= 15 is 0 Å². The number of hydrogen-bond donors (Lipinski definition) is 1. The van der Waals surface area contributed by atoms with E-state index in [1.54, 1.807) is 0 Å². The largest absolute Gasteiger partial charge is 0.465 e. The molecule has 0 aromatic carbocycles. The molecule has 0 aliphatic heterocycles. The van der Waals surface area contributed by atoms with Crippen molar-refractivity contribution in [1.82, 2.24) is 5.32 Å². The standard InChI is InChI=1S/C13H25NO3/c1-5-16-13(15)12(14-11-6-7-11)8-17-10(4)9(2)3/h9-12,14H,5-8H2,1-4H3. The van der Waals surface area contributed by atoms with Gasteiger partial charge in [0.1, 0.15) is 6.04 Å². The molecule has 1 N–H and O–H groups in total. The molecular formula is C13H25NO3. The van der Waals surface area contributed by atoms with Gasteiger partial charge < -0.3 is 9.47 Å². The highest BCUT2D eigenvalue weighted by Gasteiger charge is 2.29. The van der Waals surface area contributed by atoms with Crippen LogP contribution in [0.3, 0.4) is 0 Å². The lowest BCUT2D eigenvalue weighted by atomic mass is 10.1. The van der Waals surface area contributed by atoms with Crippen LogP contribution in [0.5, 0.6) is 0 Å². The first kappa shape index (κ1) is 14.5. The van der Waals surface area contributed by atoms with Crippen molar-refractivity contribution in [2.24, 2.45) is 5.92 Å². The zero-order valence-electron chi connectivity index (χ0n) is 11.4. The van der Waals surface area contributed by atoms with Crippen molar-refractivity contribution < 1.29 is 14.3 Å². The minimum atomic E-state index is -0.316. The Bertz CT molecular complexity index is 239. The maximum absolute atomic E-state index is 11.7. The van der Waals surface area contributed by atoms with Gasteiger partial charge >= 0.3 is 5.97 Å². The number of rotatable bonds is 8. The minimum Gasteiger partial charge on any atom is -0.465 e. The Kier molecular flexibility index (Phi) is 5.92. The molecule has 17 heavy (non-hydrogen) atoms. The third kappa shape index (κ3) is 5.50. The van der Waals surface area contributed by atoms with Crippen molar-refractivity contribution in [2.75, 3.05) is 13.2 Å². The first-order valence-electron chi connectivity index (χ1n) is 6.58. The van der Waals surface area contributed by atoms with Crippen LogP contribution in [0.25, 0.3) is 0 Å². The molecule has 1 aliphatic carbocycles.